The van der Waals surface area contributed by atoms with Crippen LogP contribution >= 0.6 is 23.1 Å². The molecule has 1 aromatic heterocycles. The average Bonchev–Trinajstić information content (AvgIpc) is 2.78. The van der Waals surface area contributed by atoms with Crippen molar-refractivity contribution in [2.24, 2.45) is 0 Å². The first-order valence-corrected chi connectivity index (χ1v) is 7.51. The maximum absolute atomic E-state index is 11.7. The highest BCUT2D eigenvalue weighted by Gasteiger charge is 2.13. The van der Waals surface area contributed by atoms with Gasteiger partial charge in [0.2, 0.25) is 11.0 Å². The van der Waals surface area contributed by atoms with Gasteiger partial charge in [-0.1, -0.05) is 18.3 Å². The van der Waals surface area contributed by atoms with Crippen molar-refractivity contribution in [1.82, 2.24) is 15.1 Å². The second-order valence-electron chi connectivity index (χ2n) is 3.72. The number of likely N-dealkylation sites (N-methyl/N-ethyl adjacent to an activating group) is 1. The molecule has 0 aliphatic rings. The molecule has 0 saturated heterocycles. The molecule has 0 fully saturated rings. The fraction of sp³-hybridized carbons (Fsp3) is 0.700. The van der Waals surface area contributed by atoms with E-state index in [0.29, 0.717) is 17.7 Å². The molecule has 0 spiro atoms. The molecule has 1 rings (SSSR count). The first-order valence-electron chi connectivity index (χ1n) is 5.47. The molecule has 1 amide bonds. The molecule has 5 nitrogen and oxygen atoms in total. The summed E-state index contributed by atoms with van der Waals surface area (Å²) in [6.45, 7) is 4.64. The maximum Gasteiger partial charge on any atom is 0.240 e. The van der Waals surface area contributed by atoms with E-state index in [9.17, 15) is 4.79 Å². The number of anilines is 1. The molecule has 1 atom stereocenters. The maximum atomic E-state index is 11.7. The van der Waals surface area contributed by atoms with Gasteiger partial charge in [0, 0.05) is 11.8 Å². The van der Waals surface area contributed by atoms with Crippen molar-refractivity contribution in [2.75, 3.05) is 30.4 Å². The van der Waals surface area contributed by atoms with Crippen molar-refractivity contribution >= 4 is 34.1 Å². The van der Waals surface area contributed by atoms with Gasteiger partial charge in [-0.3, -0.25) is 15.0 Å². The molecule has 1 aromatic rings. The van der Waals surface area contributed by atoms with E-state index in [1.165, 1.54) is 11.3 Å². The summed E-state index contributed by atoms with van der Waals surface area (Å²) in [5.74, 6) is 2.10. The molecule has 0 radical (unpaired) electrons. The fourth-order valence-corrected chi connectivity index (χ4v) is 2.48. The molecular formula is C10H18N4OS2. The fourth-order valence-electron chi connectivity index (χ4n) is 1.18. The summed E-state index contributed by atoms with van der Waals surface area (Å²) < 4.78 is 0. The topological polar surface area (TPSA) is 58.1 Å². The van der Waals surface area contributed by atoms with E-state index < -0.39 is 0 Å². The summed E-state index contributed by atoms with van der Waals surface area (Å²) in [4.78, 5) is 13.7. The van der Waals surface area contributed by atoms with E-state index in [2.05, 4.69) is 29.4 Å². The summed E-state index contributed by atoms with van der Waals surface area (Å²) in [5, 5.41) is 10.7. The van der Waals surface area contributed by atoms with E-state index in [1.807, 2.05) is 23.7 Å². The van der Waals surface area contributed by atoms with Gasteiger partial charge in [0.05, 0.1) is 6.54 Å². The lowest BCUT2D eigenvalue weighted by molar-refractivity contribution is -0.117. The van der Waals surface area contributed by atoms with E-state index in [1.54, 1.807) is 5.51 Å². The molecule has 1 unspecified atom stereocenters. The van der Waals surface area contributed by atoms with Crippen molar-refractivity contribution in [2.45, 2.75) is 19.9 Å². The highest BCUT2D eigenvalue weighted by atomic mass is 32.2. The normalized spacial score (nSPS) is 12.7. The number of amides is 1. The number of thioether (sulfide) groups is 1. The molecule has 0 aliphatic heterocycles. The minimum Gasteiger partial charge on any atom is -0.299 e. The lowest BCUT2D eigenvalue weighted by Gasteiger charge is -2.23. The Morgan fingerprint density at radius 2 is 2.47 bits per heavy atom. The van der Waals surface area contributed by atoms with Crippen molar-refractivity contribution < 1.29 is 4.79 Å². The standard InChI is InChI=1S/C10H18N4OS2/c1-4-16-6-8(2)14(3)5-9(15)12-10-13-11-7-17-10/h7-8H,4-6H2,1-3H3,(H,12,13,15). The van der Waals surface area contributed by atoms with Gasteiger partial charge in [-0.25, -0.2) is 0 Å². The predicted octanol–water partition coefficient (Wildman–Crippen LogP) is 1.55. The summed E-state index contributed by atoms with van der Waals surface area (Å²) in [5.41, 5.74) is 1.60. The monoisotopic (exact) mass is 274 g/mol. The number of aromatic nitrogens is 2. The summed E-state index contributed by atoms with van der Waals surface area (Å²) in [6, 6.07) is 0.389. The third kappa shape index (κ3) is 5.47. The van der Waals surface area contributed by atoms with Crippen LogP contribution in [0.5, 0.6) is 0 Å². The Kier molecular flexibility index (Phi) is 6.46. The third-order valence-corrected chi connectivity index (χ3v) is 4.05. The first-order chi connectivity index (χ1) is 8.13. The summed E-state index contributed by atoms with van der Waals surface area (Å²) in [7, 11) is 1.96. The van der Waals surface area contributed by atoms with Crippen molar-refractivity contribution in [3.8, 4) is 0 Å². The van der Waals surface area contributed by atoms with Crippen molar-refractivity contribution in [3.05, 3.63) is 5.51 Å². The van der Waals surface area contributed by atoms with Crippen LogP contribution in [-0.2, 0) is 4.79 Å². The van der Waals surface area contributed by atoms with Crippen LogP contribution in [0.25, 0.3) is 0 Å². The van der Waals surface area contributed by atoms with Gasteiger partial charge in [-0.2, -0.15) is 11.8 Å². The van der Waals surface area contributed by atoms with Crippen LogP contribution in [-0.4, -0.2) is 52.1 Å². The van der Waals surface area contributed by atoms with Gasteiger partial charge < -0.3 is 0 Å². The van der Waals surface area contributed by atoms with E-state index >= 15 is 0 Å². The zero-order chi connectivity index (χ0) is 12.7. The van der Waals surface area contributed by atoms with Gasteiger partial charge in [-0.05, 0) is 19.7 Å². The molecule has 0 aliphatic carbocycles. The molecule has 1 heterocycles. The van der Waals surface area contributed by atoms with Crippen LogP contribution in [0.3, 0.4) is 0 Å². The highest BCUT2D eigenvalue weighted by Crippen LogP contribution is 2.09. The van der Waals surface area contributed by atoms with E-state index in [-0.39, 0.29) is 5.91 Å². The van der Waals surface area contributed by atoms with Gasteiger partial charge >= 0.3 is 0 Å². The Labute approximate surface area is 110 Å². The lowest BCUT2D eigenvalue weighted by Crippen LogP contribution is -2.37. The number of carbonyl (C=O) groups excluding carboxylic acids is 1. The number of nitrogens with zero attached hydrogens (tertiary/aromatic N) is 3. The number of hydrogen-bond acceptors (Lipinski definition) is 6. The van der Waals surface area contributed by atoms with Crippen molar-refractivity contribution in [3.63, 3.8) is 0 Å². The molecule has 0 aromatic carbocycles. The largest absolute Gasteiger partial charge is 0.299 e. The van der Waals surface area contributed by atoms with Crippen molar-refractivity contribution in [1.29, 1.82) is 0 Å². The van der Waals surface area contributed by atoms with Gasteiger partial charge in [0.15, 0.2) is 0 Å². The van der Waals surface area contributed by atoms with Gasteiger partial charge in [-0.15, -0.1) is 10.2 Å². The third-order valence-electron chi connectivity index (χ3n) is 2.32. The van der Waals surface area contributed by atoms with Gasteiger partial charge in [0.1, 0.15) is 5.51 Å². The second kappa shape index (κ2) is 7.62. The Balaban J connectivity index is 2.30. The SMILES string of the molecule is CCSCC(C)N(C)CC(=O)Nc1nncs1. The smallest absolute Gasteiger partial charge is 0.240 e. The van der Waals surface area contributed by atoms with Gasteiger partial charge in [0.25, 0.3) is 0 Å². The molecular weight excluding hydrogens is 256 g/mol. The first kappa shape index (κ1) is 14.4. The molecule has 1 N–H and O–H groups in total. The summed E-state index contributed by atoms with van der Waals surface area (Å²) in [6.07, 6.45) is 0. The highest BCUT2D eigenvalue weighted by molar-refractivity contribution is 7.99. The van der Waals surface area contributed by atoms with Crippen LogP contribution in [0.4, 0.5) is 5.13 Å². The zero-order valence-corrected chi connectivity index (χ0v) is 12.0. The number of rotatable bonds is 7. The lowest BCUT2D eigenvalue weighted by atomic mass is 10.3. The quantitative estimate of drug-likeness (QED) is 0.817. The zero-order valence-electron chi connectivity index (χ0n) is 10.3. The van der Waals surface area contributed by atoms with Crippen LogP contribution < -0.4 is 5.32 Å². The van der Waals surface area contributed by atoms with Crippen LogP contribution in [0, 0.1) is 0 Å². The molecule has 7 heteroatoms. The second-order valence-corrected chi connectivity index (χ2v) is 5.87. The van der Waals surface area contributed by atoms with Crippen LogP contribution in [0.15, 0.2) is 5.51 Å². The average molecular weight is 274 g/mol. The van der Waals surface area contributed by atoms with E-state index in [4.69, 9.17) is 0 Å². The van der Waals surface area contributed by atoms with Crippen LogP contribution in [0.2, 0.25) is 0 Å². The summed E-state index contributed by atoms with van der Waals surface area (Å²) >= 11 is 3.21. The Morgan fingerprint density at radius 3 is 3.06 bits per heavy atom. The Morgan fingerprint density at radius 1 is 1.71 bits per heavy atom. The van der Waals surface area contributed by atoms with Crippen LogP contribution in [0.1, 0.15) is 13.8 Å². The Hall–Kier alpha value is -0.660. The number of hydrogen-bond donors (Lipinski definition) is 1. The minimum atomic E-state index is -0.0439. The van der Waals surface area contributed by atoms with E-state index in [0.717, 1.165) is 11.5 Å². The number of carbonyl (C=O) groups is 1. The molecule has 0 saturated carbocycles. The number of nitrogens with one attached hydrogen (secondary N) is 1. The molecule has 0 bridgehead atoms. The predicted molar refractivity (Wildman–Crippen MR) is 73.6 cm³/mol. The molecule has 17 heavy (non-hydrogen) atoms. The Bertz CT molecular complexity index is 331. The molecule has 96 valence electrons. The minimum absolute atomic E-state index is 0.0439.